The van der Waals surface area contributed by atoms with Crippen LogP contribution in [0.4, 0.5) is 0 Å². The molecule has 0 N–H and O–H groups in total. The average Bonchev–Trinajstić information content (AvgIpc) is 2.79. The lowest BCUT2D eigenvalue weighted by Crippen LogP contribution is -2.13. The molecule has 0 atom stereocenters. The number of aromatic nitrogens is 4. The second-order valence-electron chi connectivity index (χ2n) is 5.05. The lowest BCUT2D eigenvalue weighted by molar-refractivity contribution is 0.553. The Kier molecular flexibility index (Phi) is 3.12. The van der Waals surface area contributed by atoms with Crippen LogP contribution in [0.1, 0.15) is 38.0 Å². The Bertz CT molecular complexity index is 550. The van der Waals surface area contributed by atoms with E-state index in [4.69, 9.17) is 0 Å². The molecular formula is C11H15BrN4S. The van der Waals surface area contributed by atoms with Gasteiger partial charge in [-0.1, -0.05) is 20.8 Å². The van der Waals surface area contributed by atoms with E-state index in [-0.39, 0.29) is 5.41 Å². The Morgan fingerprint density at radius 2 is 1.88 bits per heavy atom. The topological polar surface area (TPSA) is 43.6 Å². The van der Waals surface area contributed by atoms with Crippen LogP contribution in [0, 0.1) is 13.8 Å². The summed E-state index contributed by atoms with van der Waals surface area (Å²) >= 11 is 4.90. The fourth-order valence-electron chi connectivity index (χ4n) is 1.42. The second kappa shape index (κ2) is 4.17. The number of aryl methyl sites for hydroxylation is 1. The van der Waals surface area contributed by atoms with E-state index >= 15 is 0 Å². The lowest BCUT2D eigenvalue weighted by Gasteiger charge is -2.12. The third-order valence-electron chi connectivity index (χ3n) is 2.47. The van der Waals surface area contributed by atoms with Crippen molar-refractivity contribution in [2.24, 2.45) is 0 Å². The van der Waals surface area contributed by atoms with Crippen molar-refractivity contribution in [1.82, 2.24) is 19.1 Å². The molecule has 0 aromatic carbocycles. The van der Waals surface area contributed by atoms with Crippen LogP contribution in [0.15, 0.2) is 4.47 Å². The Balaban J connectivity index is 2.48. The van der Waals surface area contributed by atoms with Gasteiger partial charge in [0.25, 0.3) is 0 Å². The molecule has 0 bridgehead atoms. The molecule has 0 saturated carbocycles. The highest BCUT2D eigenvalue weighted by atomic mass is 79.9. The third kappa shape index (κ3) is 2.28. The fraction of sp³-hybridized carbons (Fsp3) is 0.545. The van der Waals surface area contributed by atoms with Gasteiger partial charge in [0, 0.05) is 16.9 Å². The van der Waals surface area contributed by atoms with E-state index < -0.39 is 0 Å². The van der Waals surface area contributed by atoms with Crippen LogP contribution >= 0.6 is 27.5 Å². The van der Waals surface area contributed by atoms with Gasteiger partial charge in [-0.2, -0.15) is 9.47 Å². The average molecular weight is 315 g/mol. The van der Waals surface area contributed by atoms with Crippen molar-refractivity contribution in [2.45, 2.75) is 40.0 Å². The first-order valence-electron chi connectivity index (χ1n) is 5.37. The van der Waals surface area contributed by atoms with Crippen molar-refractivity contribution in [3.8, 4) is 5.13 Å². The Hall–Kier alpha value is -0.750. The Labute approximate surface area is 113 Å². The number of hydrogen-bond acceptors (Lipinski definition) is 4. The smallest absolute Gasteiger partial charge is 0.208 e. The van der Waals surface area contributed by atoms with Crippen molar-refractivity contribution < 1.29 is 0 Å². The summed E-state index contributed by atoms with van der Waals surface area (Å²) in [5, 5.41) is 5.27. The minimum Gasteiger partial charge on any atom is -0.208 e. The SMILES string of the molecule is Cc1nn(-c2nc(C(C)(C)C)ns2)c(C)c1Br. The minimum atomic E-state index is -0.0257. The zero-order valence-electron chi connectivity index (χ0n) is 10.6. The van der Waals surface area contributed by atoms with Crippen molar-refractivity contribution in [3.63, 3.8) is 0 Å². The van der Waals surface area contributed by atoms with Crippen molar-refractivity contribution in [3.05, 3.63) is 21.7 Å². The van der Waals surface area contributed by atoms with Gasteiger partial charge < -0.3 is 0 Å². The highest BCUT2D eigenvalue weighted by molar-refractivity contribution is 9.10. The molecular weight excluding hydrogens is 300 g/mol. The van der Waals surface area contributed by atoms with Gasteiger partial charge in [-0.25, -0.2) is 9.67 Å². The monoisotopic (exact) mass is 314 g/mol. The van der Waals surface area contributed by atoms with E-state index in [1.54, 1.807) is 0 Å². The number of hydrogen-bond donors (Lipinski definition) is 0. The van der Waals surface area contributed by atoms with Crippen LogP contribution in [-0.2, 0) is 5.41 Å². The van der Waals surface area contributed by atoms with Gasteiger partial charge in [-0.15, -0.1) is 0 Å². The van der Waals surface area contributed by atoms with Gasteiger partial charge in [0.05, 0.1) is 15.9 Å². The maximum absolute atomic E-state index is 4.55. The first-order valence-corrected chi connectivity index (χ1v) is 6.93. The third-order valence-corrected chi connectivity index (χ3v) is 4.31. The molecule has 0 spiro atoms. The fourth-order valence-corrected chi connectivity index (χ4v) is 2.53. The van der Waals surface area contributed by atoms with Gasteiger partial charge in [-0.05, 0) is 29.8 Å². The maximum atomic E-state index is 4.55. The Morgan fingerprint density at radius 1 is 1.24 bits per heavy atom. The van der Waals surface area contributed by atoms with E-state index in [1.165, 1.54) is 11.5 Å². The number of rotatable bonds is 1. The normalized spacial score (nSPS) is 12.1. The van der Waals surface area contributed by atoms with Gasteiger partial charge in [0.2, 0.25) is 5.13 Å². The van der Waals surface area contributed by atoms with Crippen LogP contribution in [0.2, 0.25) is 0 Å². The van der Waals surface area contributed by atoms with Gasteiger partial charge in [-0.3, -0.25) is 0 Å². The molecule has 0 radical (unpaired) electrons. The summed E-state index contributed by atoms with van der Waals surface area (Å²) in [6, 6.07) is 0. The zero-order valence-corrected chi connectivity index (χ0v) is 13.0. The summed E-state index contributed by atoms with van der Waals surface area (Å²) in [6.07, 6.45) is 0. The Morgan fingerprint density at radius 3 is 2.29 bits per heavy atom. The molecule has 4 nitrogen and oxygen atoms in total. The van der Waals surface area contributed by atoms with Gasteiger partial charge in [0.1, 0.15) is 5.82 Å². The molecule has 2 heterocycles. The van der Waals surface area contributed by atoms with E-state index in [0.29, 0.717) is 0 Å². The lowest BCUT2D eigenvalue weighted by atomic mass is 9.96. The largest absolute Gasteiger partial charge is 0.230 e. The molecule has 0 aliphatic heterocycles. The van der Waals surface area contributed by atoms with Crippen LogP contribution in [0.5, 0.6) is 0 Å². The van der Waals surface area contributed by atoms with Crippen molar-refractivity contribution >= 4 is 27.5 Å². The van der Waals surface area contributed by atoms with Crippen LogP contribution in [0.25, 0.3) is 5.13 Å². The quantitative estimate of drug-likeness (QED) is 0.810. The molecule has 2 aromatic rings. The zero-order chi connectivity index (χ0) is 12.8. The first kappa shape index (κ1) is 12.7. The van der Waals surface area contributed by atoms with Crippen LogP contribution < -0.4 is 0 Å². The summed E-state index contributed by atoms with van der Waals surface area (Å²) in [4.78, 5) is 4.55. The molecule has 0 unspecified atom stereocenters. The summed E-state index contributed by atoms with van der Waals surface area (Å²) in [5.74, 6) is 0.862. The predicted octanol–water partition coefficient (Wildman–Crippen LogP) is 3.40. The summed E-state index contributed by atoms with van der Waals surface area (Å²) < 4.78 is 7.27. The highest BCUT2D eigenvalue weighted by Crippen LogP contribution is 2.26. The molecule has 92 valence electrons. The molecule has 0 fully saturated rings. The summed E-state index contributed by atoms with van der Waals surface area (Å²) in [6.45, 7) is 10.3. The van der Waals surface area contributed by atoms with Gasteiger partial charge in [0.15, 0.2) is 0 Å². The minimum absolute atomic E-state index is 0.0257. The molecule has 2 rings (SSSR count). The maximum Gasteiger partial charge on any atom is 0.230 e. The van der Waals surface area contributed by atoms with Crippen molar-refractivity contribution in [1.29, 1.82) is 0 Å². The van der Waals surface area contributed by atoms with Crippen LogP contribution in [-0.4, -0.2) is 19.1 Å². The molecule has 2 aromatic heterocycles. The molecule has 17 heavy (non-hydrogen) atoms. The van der Waals surface area contributed by atoms with E-state index in [1.807, 2.05) is 18.5 Å². The summed E-state index contributed by atoms with van der Waals surface area (Å²) in [7, 11) is 0. The second-order valence-corrected chi connectivity index (χ2v) is 6.57. The van der Waals surface area contributed by atoms with Gasteiger partial charge >= 0.3 is 0 Å². The highest BCUT2D eigenvalue weighted by Gasteiger charge is 2.21. The van der Waals surface area contributed by atoms with E-state index in [0.717, 1.165) is 26.8 Å². The number of nitrogens with zero attached hydrogens (tertiary/aromatic N) is 4. The first-order chi connectivity index (χ1) is 7.80. The van der Waals surface area contributed by atoms with E-state index in [9.17, 15) is 0 Å². The molecule has 0 aliphatic rings. The van der Waals surface area contributed by atoms with Crippen LogP contribution in [0.3, 0.4) is 0 Å². The van der Waals surface area contributed by atoms with E-state index in [2.05, 4.69) is 51.2 Å². The molecule has 6 heteroatoms. The summed E-state index contributed by atoms with van der Waals surface area (Å²) in [5.41, 5.74) is 2.00. The predicted molar refractivity (Wildman–Crippen MR) is 72.9 cm³/mol. The molecule has 0 aliphatic carbocycles. The number of halogens is 1. The molecule has 0 amide bonds. The standard InChI is InChI=1S/C11H15BrN4S/c1-6-8(12)7(2)16(14-6)10-13-9(15-17-10)11(3,4)5/h1-5H3. The molecule has 0 saturated heterocycles. The van der Waals surface area contributed by atoms with Crippen molar-refractivity contribution in [2.75, 3.05) is 0 Å².